The summed E-state index contributed by atoms with van der Waals surface area (Å²) in [6, 6.07) is 16.0. The molecule has 2 aromatic carbocycles. The Morgan fingerprint density at radius 3 is 2.37 bits per heavy atom. The van der Waals surface area contributed by atoms with E-state index in [4.69, 9.17) is 5.73 Å². The van der Waals surface area contributed by atoms with Crippen LogP contribution in [0.15, 0.2) is 42.5 Å². The van der Waals surface area contributed by atoms with E-state index in [2.05, 4.69) is 72.7 Å². The molecule has 1 aliphatic carbocycles. The normalized spacial score (nSPS) is 20.1. The zero-order valence-electron chi connectivity index (χ0n) is 19.1. The first kappa shape index (κ1) is 21.4. The molecular formula is C27H39N3. The van der Waals surface area contributed by atoms with E-state index < -0.39 is 0 Å². The van der Waals surface area contributed by atoms with Crippen molar-refractivity contribution in [1.29, 1.82) is 0 Å². The van der Waals surface area contributed by atoms with Gasteiger partial charge in [0.25, 0.3) is 0 Å². The minimum absolute atomic E-state index is 0.691. The first-order valence-corrected chi connectivity index (χ1v) is 12.0. The number of benzene rings is 2. The number of fused-ring (bicyclic) bond motifs is 3. The monoisotopic (exact) mass is 405 g/mol. The summed E-state index contributed by atoms with van der Waals surface area (Å²) in [7, 11) is 0. The maximum Gasteiger partial charge on any atom is 0.0491 e. The van der Waals surface area contributed by atoms with E-state index in [1.807, 2.05) is 0 Å². The van der Waals surface area contributed by atoms with Gasteiger partial charge in [-0.2, -0.15) is 0 Å². The quantitative estimate of drug-likeness (QED) is 0.496. The lowest BCUT2D eigenvalue weighted by atomic mass is 9.81. The third-order valence-corrected chi connectivity index (χ3v) is 7.00. The number of nitrogens with zero attached hydrogens (tertiary/aromatic N) is 2. The number of aryl methyl sites for hydroxylation is 1. The Morgan fingerprint density at radius 1 is 0.967 bits per heavy atom. The van der Waals surface area contributed by atoms with Gasteiger partial charge >= 0.3 is 0 Å². The SMILES string of the molecule is CCn1c2ccccc2c2cc(CN(CC(C)C)CC3CCC(CN)CC3)ccc21. The van der Waals surface area contributed by atoms with Gasteiger partial charge in [0, 0.05) is 48.0 Å². The van der Waals surface area contributed by atoms with Gasteiger partial charge in [-0.3, -0.25) is 4.90 Å². The lowest BCUT2D eigenvalue weighted by Gasteiger charge is -2.33. The second kappa shape index (κ2) is 9.53. The molecule has 1 aromatic heterocycles. The molecule has 0 spiro atoms. The molecule has 3 nitrogen and oxygen atoms in total. The topological polar surface area (TPSA) is 34.2 Å². The van der Waals surface area contributed by atoms with E-state index in [9.17, 15) is 0 Å². The number of hydrogen-bond acceptors (Lipinski definition) is 2. The average molecular weight is 406 g/mol. The molecule has 30 heavy (non-hydrogen) atoms. The van der Waals surface area contributed by atoms with Crippen LogP contribution in [0.3, 0.4) is 0 Å². The molecule has 0 radical (unpaired) electrons. The molecule has 0 aliphatic heterocycles. The predicted octanol–water partition coefficient (Wildman–Crippen LogP) is 6.04. The highest BCUT2D eigenvalue weighted by atomic mass is 15.1. The van der Waals surface area contributed by atoms with Crippen molar-refractivity contribution in [2.24, 2.45) is 23.5 Å². The lowest BCUT2D eigenvalue weighted by Crippen LogP contribution is -2.34. The Balaban J connectivity index is 1.56. The van der Waals surface area contributed by atoms with Crippen LogP contribution in [0, 0.1) is 17.8 Å². The van der Waals surface area contributed by atoms with Gasteiger partial charge in [-0.1, -0.05) is 38.1 Å². The molecule has 3 aromatic rings. The molecular weight excluding hydrogens is 366 g/mol. The van der Waals surface area contributed by atoms with E-state index in [0.717, 1.165) is 31.5 Å². The fourth-order valence-corrected chi connectivity index (χ4v) is 5.53. The highest BCUT2D eigenvalue weighted by Crippen LogP contribution is 2.31. The van der Waals surface area contributed by atoms with Crippen LogP contribution < -0.4 is 5.73 Å². The summed E-state index contributed by atoms with van der Waals surface area (Å²) in [5.41, 5.74) is 10.1. The van der Waals surface area contributed by atoms with Crippen molar-refractivity contribution in [3.05, 3.63) is 48.0 Å². The Morgan fingerprint density at radius 2 is 1.67 bits per heavy atom. The van der Waals surface area contributed by atoms with E-state index in [-0.39, 0.29) is 0 Å². The molecule has 1 heterocycles. The van der Waals surface area contributed by atoms with Crippen molar-refractivity contribution in [1.82, 2.24) is 9.47 Å². The number of nitrogens with two attached hydrogens (primary N) is 1. The molecule has 1 fully saturated rings. The highest BCUT2D eigenvalue weighted by molar-refractivity contribution is 6.08. The summed E-state index contributed by atoms with van der Waals surface area (Å²) in [6.45, 7) is 12.3. The molecule has 0 unspecified atom stereocenters. The minimum Gasteiger partial charge on any atom is -0.341 e. The third kappa shape index (κ3) is 4.58. The van der Waals surface area contributed by atoms with Crippen LogP contribution in [0.4, 0.5) is 0 Å². The van der Waals surface area contributed by atoms with Crippen molar-refractivity contribution in [3.63, 3.8) is 0 Å². The summed E-state index contributed by atoms with van der Waals surface area (Å²) in [6.07, 6.45) is 5.33. The lowest BCUT2D eigenvalue weighted by molar-refractivity contribution is 0.162. The molecule has 162 valence electrons. The van der Waals surface area contributed by atoms with Crippen LogP contribution in [0.2, 0.25) is 0 Å². The fourth-order valence-electron chi connectivity index (χ4n) is 5.53. The number of hydrogen-bond donors (Lipinski definition) is 1. The first-order chi connectivity index (χ1) is 14.6. The van der Waals surface area contributed by atoms with Gasteiger partial charge in [0.2, 0.25) is 0 Å². The molecule has 4 rings (SSSR count). The molecule has 2 N–H and O–H groups in total. The number of rotatable bonds is 8. The molecule has 0 amide bonds. The average Bonchev–Trinajstić information content (AvgIpc) is 3.07. The van der Waals surface area contributed by atoms with E-state index in [0.29, 0.717) is 5.92 Å². The van der Waals surface area contributed by atoms with Crippen LogP contribution in [0.25, 0.3) is 21.8 Å². The number of aromatic nitrogens is 1. The largest absolute Gasteiger partial charge is 0.341 e. The second-order valence-corrected chi connectivity index (χ2v) is 9.82. The van der Waals surface area contributed by atoms with Crippen molar-refractivity contribution < 1.29 is 0 Å². The van der Waals surface area contributed by atoms with Crippen LogP contribution in [0.1, 0.15) is 52.0 Å². The van der Waals surface area contributed by atoms with Gasteiger partial charge in [0.15, 0.2) is 0 Å². The third-order valence-electron chi connectivity index (χ3n) is 7.00. The summed E-state index contributed by atoms with van der Waals surface area (Å²) in [5.74, 6) is 2.28. The van der Waals surface area contributed by atoms with Gasteiger partial charge in [-0.05, 0) is 80.7 Å². The Kier molecular flexibility index (Phi) is 6.80. The van der Waals surface area contributed by atoms with E-state index in [1.54, 1.807) is 0 Å². The van der Waals surface area contributed by atoms with Crippen molar-refractivity contribution in [2.45, 2.75) is 59.5 Å². The molecule has 3 heteroatoms. The maximum absolute atomic E-state index is 5.90. The second-order valence-electron chi connectivity index (χ2n) is 9.82. The highest BCUT2D eigenvalue weighted by Gasteiger charge is 2.23. The van der Waals surface area contributed by atoms with Gasteiger partial charge in [0.05, 0.1) is 0 Å². The molecule has 1 saturated carbocycles. The van der Waals surface area contributed by atoms with E-state index >= 15 is 0 Å². The minimum atomic E-state index is 0.691. The zero-order chi connectivity index (χ0) is 21.1. The van der Waals surface area contributed by atoms with Crippen molar-refractivity contribution in [3.8, 4) is 0 Å². The van der Waals surface area contributed by atoms with Crippen LogP contribution in [-0.2, 0) is 13.1 Å². The van der Waals surface area contributed by atoms with Crippen LogP contribution in [-0.4, -0.2) is 29.1 Å². The summed E-state index contributed by atoms with van der Waals surface area (Å²) < 4.78 is 2.44. The van der Waals surface area contributed by atoms with Crippen molar-refractivity contribution >= 4 is 21.8 Å². The standard InChI is InChI=1S/C27H39N3/c1-4-30-26-8-6-5-7-24(26)25-15-23(13-14-27(25)30)19-29(17-20(2)3)18-22-11-9-21(16-28)10-12-22/h5-8,13-15,20-22H,4,9-12,16-19,28H2,1-3H3. The summed E-state index contributed by atoms with van der Waals surface area (Å²) >= 11 is 0. The maximum atomic E-state index is 5.90. The Hall–Kier alpha value is -1.84. The Bertz CT molecular complexity index is 963. The van der Waals surface area contributed by atoms with Crippen LogP contribution >= 0.6 is 0 Å². The Labute approximate surface area is 182 Å². The smallest absolute Gasteiger partial charge is 0.0491 e. The molecule has 0 saturated heterocycles. The zero-order valence-corrected chi connectivity index (χ0v) is 19.1. The fraction of sp³-hybridized carbons (Fsp3) is 0.556. The summed E-state index contributed by atoms with van der Waals surface area (Å²) in [4.78, 5) is 2.71. The predicted molar refractivity (Wildman–Crippen MR) is 130 cm³/mol. The molecule has 1 aliphatic rings. The first-order valence-electron chi connectivity index (χ1n) is 12.0. The van der Waals surface area contributed by atoms with Crippen LogP contribution in [0.5, 0.6) is 0 Å². The summed E-state index contributed by atoms with van der Waals surface area (Å²) in [5, 5.41) is 2.78. The van der Waals surface area contributed by atoms with E-state index in [1.165, 1.54) is 66.1 Å². The van der Waals surface area contributed by atoms with Gasteiger partial charge in [0.1, 0.15) is 0 Å². The van der Waals surface area contributed by atoms with Gasteiger partial charge in [-0.15, -0.1) is 0 Å². The molecule has 0 atom stereocenters. The van der Waals surface area contributed by atoms with Crippen molar-refractivity contribution in [2.75, 3.05) is 19.6 Å². The molecule has 0 bridgehead atoms. The number of para-hydroxylation sites is 1. The van der Waals surface area contributed by atoms with Gasteiger partial charge in [-0.25, -0.2) is 0 Å². The van der Waals surface area contributed by atoms with Gasteiger partial charge < -0.3 is 10.3 Å².